The van der Waals surface area contributed by atoms with E-state index in [-0.39, 0.29) is 5.41 Å². The van der Waals surface area contributed by atoms with E-state index in [1.807, 2.05) is 28.7 Å². The largest absolute Gasteiger partial charge is 0.464 e. The molecule has 8 aromatic rings. The molecule has 0 amide bonds. The van der Waals surface area contributed by atoms with Crippen LogP contribution >= 0.6 is 22.7 Å². The van der Waals surface area contributed by atoms with Crippen molar-refractivity contribution in [1.29, 1.82) is 0 Å². The summed E-state index contributed by atoms with van der Waals surface area (Å²) in [5.41, 5.74) is 10.5. The number of fused-ring (bicyclic) bond motifs is 3. The Morgan fingerprint density at radius 2 is 1.41 bits per heavy atom. The van der Waals surface area contributed by atoms with Crippen LogP contribution in [0.15, 0.2) is 108 Å². The minimum atomic E-state index is -0.00692. The third-order valence-corrected chi connectivity index (χ3v) is 12.3. The average molecular weight is 630 g/mol. The molecule has 0 unspecified atom stereocenters. The molecular weight excluding hydrogens is 599 g/mol. The van der Waals surface area contributed by atoms with E-state index in [2.05, 4.69) is 123 Å². The predicted octanol–water partition coefficient (Wildman–Crippen LogP) is 13.3. The molecule has 0 saturated heterocycles. The number of hydrogen-bond acceptors (Lipinski definition) is 3. The molecule has 0 saturated carbocycles. The Morgan fingerprint density at radius 1 is 0.652 bits per heavy atom. The van der Waals surface area contributed by atoms with Crippen LogP contribution in [0.5, 0.6) is 0 Å². The molecule has 0 N–H and O–H groups in total. The minimum absolute atomic E-state index is 0.00692. The normalized spacial score (nSPS) is 12.9. The zero-order valence-corrected chi connectivity index (χ0v) is 27.8. The molecule has 222 valence electrons. The van der Waals surface area contributed by atoms with Crippen molar-refractivity contribution in [1.82, 2.24) is 4.57 Å². The summed E-state index contributed by atoms with van der Waals surface area (Å²) in [6.07, 6.45) is 1.78. The predicted molar refractivity (Wildman–Crippen MR) is 201 cm³/mol. The number of hydrogen-bond donors (Lipinski definition) is 0. The molecule has 46 heavy (non-hydrogen) atoms. The summed E-state index contributed by atoms with van der Waals surface area (Å²) in [6.45, 7) is 10.2. The molecule has 0 bridgehead atoms. The first-order chi connectivity index (χ1) is 22.4. The van der Waals surface area contributed by atoms with Gasteiger partial charge in [-0.1, -0.05) is 69.3 Å². The summed E-state index contributed by atoms with van der Waals surface area (Å²) in [4.78, 5) is 0. The van der Waals surface area contributed by atoms with Crippen molar-refractivity contribution >= 4 is 84.8 Å². The number of nitrogens with zero attached hydrogens (tertiary/aromatic N) is 1. The molecular formula is C42H31NOS2. The van der Waals surface area contributed by atoms with Crippen LogP contribution in [0.3, 0.4) is 0 Å². The SMILES string of the molecule is CCn1c2ccccc2c2cc(-c3ccc4c(C(C)(C)C)cc5sc6c(-c7ccco7)ccc7ccc8sc3c4c5-c8c76)ccc21. The van der Waals surface area contributed by atoms with E-state index in [0.29, 0.717) is 0 Å². The lowest BCUT2D eigenvalue weighted by molar-refractivity contribution is 0.583. The van der Waals surface area contributed by atoms with E-state index in [9.17, 15) is 0 Å². The van der Waals surface area contributed by atoms with Gasteiger partial charge in [-0.15, -0.1) is 22.7 Å². The van der Waals surface area contributed by atoms with Crippen LogP contribution in [0.4, 0.5) is 0 Å². The van der Waals surface area contributed by atoms with Crippen molar-refractivity contribution in [2.45, 2.75) is 39.7 Å². The first kappa shape index (κ1) is 26.6. The number of benzene rings is 6. The molecule has 2 aliphatic heterocycles. The molecule has 0 atom stereocenters. The summed E-state index contributed by atoms with van der Waals surface area (Å²) in [6, 6.07) is 36.4. The lowest BCUT2D eigenvalue weighted by atomic mass is 9.80. The van der Waals surface area contributed by atoms with Crippen molar-refractivity contribution in [3.8, 4) is 33.6 Å². The van der Waals surface area contributed by atoms with Gasteiger partial charge in [-0.05, 0) is 88.3 Å². The summed E-state index contributed by atoms with van der Waals surface area (Å²) >= 11 is 3.87. The highest BCUT2D eigenvalue weighted by Gasteiger charge is 2.29. The first-order valence-electron chi connectivity index (χ1n) is 16.1. The smallest absolute Gasteiger partial charge is 0.135 e. The molecule has 0 fully saturated rings. The van der Waals surface area contributed by atoms with Gasteiger partial charge in [0.1, 0.15) is 5.76 Å². The Bertz CT molecular complexity index is 2760. The van der Waals surface area contributed by atoms with Gasteiger partial charge in [0.25, 0.3) is 0 Å². The van der Waals surface area contributed by atoms with Crippen LogP contribution in [-0.4, -0.2) is 4.57 Å². The van der Waals surface area contributed by atoms with Crippen LogP contribution < -0.4 is 0 Å². The zero-order valence-electron chi connectivity index (χ0n) is 26.2. The monoisotopic (exact) mass is 629 g/mol. The average Bonchev–Trinajstić information content (AvgIpc) is 3.71. The van der Waals surface area contributed by atoms with Gasteiger partial charge < -0.3 is 8.98 Å². The second kappa shape index (κ2) is 9.22. The summed E-state index contributed by atoms with van der Waals surface area (Å²) in [5.74, 6) is 0.925. The molecule has 2 aromatic heterocycles. The highest BCUT2D eigenvalue weighted by atomic mass is 32.1. The van der Waals surface area contributed by atoms with Crippen molar-refractivity contribution in [3.63, 3.8) is 0 Å². The van der Waals surface area contributed by atoms with Gasteiger partial charge in [-0.25, -0.2) is 0 Å². The molecule has 10 rings (SSSR count). The Kier molecular flexibility index (Phi) is 5.32. The third kappa shape index (κ3) is 3.46. The van der Waals surface area contributed by atoms with Crippen LogP contribution in [0.25, 0.3) is 95.7 Å². The summed E-state index contributed by atoms with van der Waals surface area (Å²) in [5, 5.41) is 8.06. The van der Waals surface area contributed by atoms with E-state index in [0.717, 1.165) is 12.3 Å². The van der Waals surface area contributed by atoms with E-state index in [1.54, 1.807) is 6.26 Å². The van der Waals surface area contributed by atoms with Gasteiger partial charge in [0, 0.05) is 74.6 Å². The fourth-order valence-electron chi connectivity index (χ4n) is 7.96. The molecule has 2 nitrogen and oxygen atoms in total. The topological polar surface area (TPSA) is 18.1 Å². The molecule has 6 aromatic carbocycles. The summed E-state index contributed by atoms with van der Waals surface area (Å²) < 4.78 is 13.8. The van der Waals surface area contributed by atoms with Crippen LogP contribution in [0, 0.1) is 0 Å². The second-order valence-corrected chi connectivity index (χ2v) is 15.7. The van der Waals surface area contributed by atoms with E-state index < -0.39 is 0 Å². The van der Waals surface area contributed by atoms with Gasteiger partial charge in [-0.3, -0.25) is 0 Å². The van der Waals surface area contributed by atoms with Crippen molar-refractivity contribution < 1.29 is 4.42 Å². The molecule has 2 aliphatic rings. The molecule has 0 spiro atoms. The van der Waals surface area contributed by atoms with Crippen LogP contribution in [0.2, 0.25) is 0 Å². The number of furan rings is 1. The molecule has 4 heteroatoms. The number of para-hydroxylation sites is 1. The van der Waals surface area contributed by atoms with Gasteiger partial charge in [0.15, 0.2) is 0 Å². The fraction of sp³-hybridized carbons (Fsp3) is 0.143. The molecule has 4 heterocycles. The third-order valence-electron chi connectivity index (χ3n) is 9.99. The Labute approximate surface area is 274 Å². The van der Waals surface area contributed by atoms with E-state index in [4.69, 9.17) is 4.42 Å². The van der Waals surface area contributed by atoms with Crippen molar-refractivity contribution in [3.05, 3.63) is 109 Å². The maximum absolute atomic E-state index is 5.96. The highest BCUT2D eigenvalue weighted by Crippen LogP contribution is 2.56. The Hall–Kier alpha value is -4.64. The molecule has 0 aliphatic carbocycles. The maximum atomic E-state index is 5.96. The van der Waals surface area contributed by atoms with Crippen LogP contribution in [0.1, 0.15) is 33.3 Å². The van der Waals surface area contributed by atoms with Crippen molar-refractivity contribution in [2.24, 2.45) is 0 Å². The number of aromatic nitrogens is 1. The lowest BCUT2D eigenvalue weighted by Crippen LogP contribution is -2.12. The fourth-order valence-corrected chi connectivity index (χ4v) is 10.5. The standard InChI is InChI=1S/C42H31NOS2/c1-5-43-31-10-7-6-9-26(31)29-21-24(13-18-32(29)43)25-16-17-27-30(42(2,3)4)22-35-39-37(27)40(25)45-34-19-14-23-12-15-28(33-11-8-20-44-33)41(46-35)36(23)38(34)39/h6-22H,5H2,1-4H3. The Balaban J connectivity index is 1.37. The van der Waals surface area contributed by atoms with Crippen molar-refractivity contribution in [2.75, 3.05) is 0 Å². The molecule has 0 radical (unpaired) electrons. The Morgan fingerprint density at radius 3 is 2.24 bits per heavy atom. The van der Waals surface area contributed by atoms with Crippen LogP contribution in [-0.2, 0) is 12.0 Å². The maximum Gasteiger partial charge on any atom is 0.135 e. The van der Waals surface area contributed by atoms with Gasteiger partial charge in [0.05, 0.1) is 6.26 Å². The quantitative estimate of drug-likeness (QED) is 0.140. The zero-order chi connectivity index (χ0) is 30.9. The highest BCUT2D eigenvalue weighted by molar-refractivity contribution is 7.27. The van der Waals surface area contributed by atoms with Gasteiger partial charge >= 0.3 is 0 Å². The lowest BCUT2D eigenvalue weighted by Gasteiger charge is -2.28. The first-order valence-corrected chi connectivity index (χ1v) is 17.7. The van der Waals surface area contributed by atoms with E-state index in [1.165, 1.54) is 95.5 Å². The van der Waals surface area contributed by atoms with Gasteiger partial charge in [0.2, 0.25) is 0 Å². The minimum Gasteiger partial charge on any atom is -0.464 e. The second-order valence-electron chi connectivity index (χ2n) is 13.6. The van der Waals surface area contributed by atoms with E-state index >= 15 is 0 Å². The number of rotatable bonds is 3. The van der Waals surface area contributed by atoms with Gasteiger partial charge in [-0.2, -0.15) is 0 Å². The summed E-state index contributed by atoms with van der Waals surface area (Å²) in [7, 11) is 0. The number of aryl methyl sites for hydroxylation is 1.